The molecule has 2 rings (SSSR count). The highest BCUT2D eigenvalue weighted by atomic mass is 79.9. The molecule has 1 saturated heterocycles. The average Bonchev–Trinajstić information content (AvgIpc) is 2.92. The molecule has 1 aromatic rings. The Morgan fingerprint density at radius 1 is 1.38 bits per heavy atom. The Morgan fingerprint density at radius 2 is 2.14 bits per heavy atom. The van der Waals surface area contributed by atoms with Gasteiger partial charge in [0.15, 0.2) is 0 Å². The van der Waals surface area contributed by atoms with E-state index in [-0.39, 0.29) is 23.3 Å². The van der Waals surface area contributed by atoms with Crippen LogP contribution in [0.4, 0.5) is 5.69 Å². The van der Waals surface area contributed by atoms with Gasteiger partial charge in [-0.3, -0.25) is 4.79 Å². The molecule has 0 bridgehead atoms. The first-order valence-electron chi connectivity index (χ1n) is 6.61. The first-order chi connectivity index (χ1) is 9.97. The van der Waals surface area contributed by atoms with Gasteiger partial charge >= 0.3 is 5.97 Å². The lowest BCUT2D eigenvalue weighted by Crippen LogP contribution is -2.17. The van der Waals surface area contributed by atoms with Crippen molar-refractivity contribution in [2.75, 3.05) is 11.9 Å². The van der Waals surface area contributed by atoms with Crippen LogP contribution in [0.5, 0.6) is 0 Å². The van der Waals surface area contributed by atoms with E-state index < -0.39 is 5.97 Å². The molecule has 1 amide bonds. The number of carbonyl (C=O) groups excluding carboxylic acids is 1. The molecular weight excluding hydrogens is 406 g/mol. The molecule has 1 heterocycles. The van der Waals surface area contributed by atoms with Gasteiger partial charge in [-0.05, 0) is 47.3 Å². The molecule has 0 aliphatic carbocycles. The van der Waals surface area contributed by atoms with Crippen molar-refractivity contribution < 1.29 is 19.4 Å². The number of carboxylic acids is 1. The average molecular weight is 421 g/mol. The largest absolute Gasteiger partial charge is 0.478 e. The zero-order chi connectivity index (χ0) is 15.4. The first kappa shape index (κ1) is 16.5. The van der Waals surface area contributed by atoms with Crippen LogP contribution >= 0.6 is 31.9 Å². The van der Waals surface area contributed by atoms with Gasteiger partial charge in [-0.15, -0.1) is 0 Å². The summed E-state index contributed by atoms with van der Waals surface area (Å²) < 4.78 is 6.62. The number of amides is 1. The highest BCUT2D eigenvalue weighted by Crippen LogP contribution is 2.31. The standard InChI is InChI=1S/C14H15Br2NO4/c15-8-6-10(14(19)20)13(11(16)7-8)17-12(18)4-3-9-2-1-5-21-9/h6-7,9H,1-5H2,(H,17,18)(H,19,20). The first-order valence-corrected chi connectivity index (χ1v) is 8.19. The number of anilines is 1. The Balaban J connectivity index is 2.04. The zero-order valence-electron chi connectivity index (χ0n) is 11.2. The normalized spacial score (nSPS) is 17.7. The molecule has 1 aromatic carbocycles. The number of benzene rings is 1. The third-order valence-electron chi connectivity index (χ3n) is 3.27. The molecule has 1 aliphatic rings. The van der Waals surface area contributed by atoms with Gasteiger partial charge < -0.3 is 15.2 Å². The third-order valence-corrected chi connectivity index (χ3v) is 4.35. The van der Waals surface area contributed by atoms with Crippen LogP contribution in [-0.4, -0.2) is 29.7 Å². The Kier molecular flexibility index (Phi) is 5.78. The van der Waals surface area contributed by atoms with Crippen molar-refractivity contribution in [1.29, 1.82) is 0 Å². The third kappa shape index (κ3) is 4.52. The molecule has 2 N–H and O–H groups in total. The summed E-state index contributed by atoms with van der Waals surface area (Å²) in [6.45, 7) is 0.758. The molecule has 7 heteroatoms. The van der Waals surface area contributed by atoms with E-state index in [1.807, 2.05) is 0 Å². The summed E-state index contributed by atoms with van der Waals surface area (Å²) in [5.74, 6) is -1.30. The number of ether oxygens (including phenoxy) is 1. The quantitative estimate of drug-likeness (QED) is 0.759. The van der Waals surface area contributed by atoms with Crippen LogP contribution in [0.15, 0.2) is 21.1 Å². The van der Waals surface area contributed by atoms with E-state index in [0.29, 0.717) is 21.8 Å². The number of carboxylic acid groups (broad SMARTS) is 1. The Labute approximate surface area is 139 Å². The lowest BCUT2D eigenvalue weighted by molar-refractivity contribution is -0.116. The second-order valence-corrected chi connectivity index (χ2v) is 6.61. The predicted octanol–water partition coefficient (Wildman–Crippen LogP) is 3.81. The van der Waals surface area contributed by atoms with Gasteiger partial charge in [-0.1, -0.05) is 15.9 Å². The van der Waals surface area contributed by atoms with Crippen LogP contribution in [0, 0.1) is 0 Å². The zero-order valence-corrected chi connectivity index (χ0v) is 14.4. The van der Waals surface area contributed by atoms with Crippen LogP contribution in [0.25, 0.3) is 0 Å². The van der Waals surface area contributed by atoms with Crippen molar-refractivity contribution in [3.05, 3.63) is 26.6 Å². The molecule has 1 aliphatic heterocycles. The SMILES string of the molecule is O=C(CCC1CCCO1)Nc1c(Br)cc(Br)cc1C(=O)O. The van der Waals surface area contributed by atoms with Crippen molar-refractivity contribution in [2.45, 2.75) is 31.8 Å². The van der Waals surface area contributed by atoms with Crippen LogP contribution in [0.3, 0.4) is 0 Å². The minimum atomic E-state index is -1.09. The maximum atomic E-state index is 12.0. The van der Waals surface area contributed by atoms with Gasteiger partial charge in [0.2, 0.25) is 5.91 Å². The van der Waals surface area contributed by atoms with Gasteiger partial charge in [0.1, 0.15) is 0 Å². The van der Waals surface area contributed by atoms with E-state index in [1.165, 1.54) is 6.07 Å². The monoisotopic (exact) mass is 419 g/mol. The van der Waals surface area contributed by atoms with Crippen molar-refractivity contribution in [2.24, 2.45) is 0 Å². The van der Waals surface area contributed by atoms with Crippen LogP contribution in [0.1, 0.15) is 36.0 Å². The Bertz CT molecular complexity index is 556. The minimum Gasteiger partial charge on any atom is -0.478 e. The van der Waals surface area contributed by atoms with Crippen molar-refractivity contribution in [3.8, 4) is 0 Å². The van der Waals surface area contributed by atoms with E-state index in [1.54, 1.807) is 6.07 Å². The summed E-state index contributed by atoms with van der Waals surface area (Å²) >= 11 is 6.51. The van der Waals surface area contributed by atoms with E-state index in [2.05, 4.69) is 37.2 Å². The van der Waals surface area contributed by atoms with E-state index >= 15 is 0 Å². The molecule has 0 radical (unpaired) electrons. The lowest BCUT2D eigenvalue weighted by atomic mass is 10.1. The fraction of sp³-hybridized carbons (Fsp3) is 0.429. The molecule has 21 heavy (non-hydrogen) atoms. The van der Waals surface area contributed by atoms with Gasteiger partial charge in [0.25, 0.3) is 0 Å². The Hall–Kier alpha value is -0.920. The summed E-state index contributed by atoms with van der Waals surface area (Å²) in [5.41, 5.74) is 0.324. The van der Waals surface area contributed by atoms with Crippen LogP contribution in [-0.2, 0) is 9.53 Å². The number of hydrogen-bond donors (Lipinski definition) is 2. The second-order valence-electron chi connectivity index (χ2n) is 4.84. The van der Waals surface area contributed by atoms with Crippen LogP contribution in [0.2, 0.25) is 0 Å². The van der Waals surface area contributed by atoms with Gasteiger partial charge in [0, 0.05) is 22.0 Å². The van der Waals surface area contributed by atoms with Crippen LogP contribution < -0.4 is 5.32 Å². The maximum Gasteiger partial charge on any atom is 0.337 e. The molecule has 1 atom stereocenters. The molecule has 1 unspecified atom stereocenters. The predicted molar refractivity (Wildman–Crippen MR) is 85.6 cm³/mol. The summed E-state index contributed by atoms with van der Waals surface area (Å²) in [4.78, 5) is 23.3. The number of hydrogen-bond acceptors (Lipinski definition) is 3. The highest BCUT2D eigenvalue weighted by molar-refractivity contribution is 9.11. The number of halogens is 2. The van der Waals surface area contributed by atoms with Gasteiger partial charge in [-0.2, -0.15) is 0 Å². The Morgan fingerprint density at radius 3 is 2.76 bits per heavy atom. The number of rotatable bonds is 5. The van der Waals surface area contributed by atoms with Gasteiger partial charge in [0.05, 0.1) is 17.4 Å². The minimum absolute atomic E-state index is 0.0433. The molecule has 0 spiro atoms. The molecule has 0 saturated carbocycles. The van der Waals surface area contributed by atoms with E-state index in [0.717, 1.165) is 19.4 Å². The smallest absolute Gasteiger partial charge is 0.337 e. The molecule has 0 aromatic heterocycles. The van der Waals surface area contributed by atoms with E-state index in [9.17, 15) is 14.7 Å². The number of aromatic carboxylic acids is 1. The summed E-state index contributed by atoms with van der Waals surface area (Å²) in [7, 11) is 0. The van der Waals surface area contributed by atoms with Gasteiger partial charge in [-0.25, -0.2) is 4.79 Å². The second kappa shape index (κ2) is 7.38. The molecular formula is C14H15Br2NO4. The maximum absolute atomic E-state index is 12.0. The fourth-order valence-corrected chi connectivity index (χ4v) is 3.56. The number of nitrogens with one attached hydrogen (secondary N) is 1. The van der Waals surface area contributed by atoms with Crippen molar-refractivity contribution in [1.82, 2.24) is 0 Å². The molecule has 1 fully saturated rings. The summed E-state index contributed by atoms with van der Waals surface area (Å²) in [6, 6.07) is 3.16. The fourth-order valence-electron chi connectivity index (χ4n) is 2.24. The van der Waals surface area contributed by atoms with Crippen molar-refractivity contribution in [3.63, 3.8) is 0 Å². The topological polar surface area (TPSA) is 75.6 Å². The van der Waals surface area contributed by atoms with E-state index in [4.69, 9.17) is 4.74 Å². The highest BCUT2D eigenvalue weighted by Gasteiger charge is 2.19. The summed E-state index contributed by atoms with van der Waals surface area (Å²) in [5, 5.41) is 11.9. The summed E-state index contributed by atoms with van der Waals surface area (Å²) in [6.07, 6.45) is 3.13. The molecule has 5 nitrogen and oxygen atoms in total. The number of carbonyl (C=O) groups is 2. The lowest BCUT2D eigenvalue weighted by Gasteiger charge is -2.13. The molecule has 114 valence electrons. The van der Waals surface area contributed by atoms with Crippen molar-refractivity contribution >= 4 is 49.4 Å².